The highest BCUT2D eigenvalue weighted by Crippen LogP contribution is 2.32. The van der Waals surface area contributed by atoms with E-state index in [4.69, 9.17) is 0 Å². The van der Waals surface area contributed by atoms with Crippen LogP contribution in [0.15, 0.2) is 29.9 Å². The molecule has 1 saturated heterocycles. The first-order chi connectivity index (χ1) is 11.5. The number of carbonyl (C=O) groups excluding carboxylic acids is 1. The molecule has 24 heavy (non-hydrogen) atoms. The highest BCUT2D eigenvalue weighted by molar-refractivity contribution is 7.09. The van der Waals surface area contributed by atoms with Gasteiger partial charge in [-0.1, -0.05) is 6.07 Å². The molecule has 0 spiro atoms. The number of carbonyl (C=O) groups is 2. The second kappa shape index (κ2) is 6.76. The number of aromatic nitrogens is 2. The summed E-state index contributed by atoms with van der Waals surface area (Å²) in [7, 11) is 0. The Morgan fingerprint density at radius 3 is 2.67 bits per heavy atom. The number of thiophene rings is 1. The lowest BCUT2D eigenvalue weighted by Gasteiger charge is -2.40. The SMILES string of the molecule is Cc1nccn1C1(C(=O)O)CCN(C(=O)CCc2cccs2)CC1. The Hall–Kier alpha value is -2.15. The quantitative estimate of drug-likeness (QED) is 0.900. The van der Waals surface area contributed by atoms with E-state index in [-0.39, 0.29) is 5.91 Å². The summed E-state index contributed by atoms with van der Waals surface area (Å²) in [5.74, 6) is -0.0612. The van der Waals surface area contributed by atoms with Gasteiger partial charge in [-0.25, -0.2) is 9.78 Å². The van der Waals surface area contributed by atoms with Crippen molar-refractivity contribution in [1.29, 1.82) is 0 Å². The second-order valence-corrected chi connectivity index (χ2v) is 7.17. The molecule has 1 amide bonds. The Morgan fingerprint density at radius 1 is 1.38 bits per heavy atom. The summed E-state index contributed by atoms with van der Waals surface area (Å²) < 4.78 is 1.74. The van der Waals surface area contributed by atoms with Crippen LogP contribution in [0.2, 0.25) is 0 Å². The minimum atomic E-state index is -0.995. The summed E-state index contributed by atoms with van der Waals surface area (Å²) in [5, 5.41) is 11.8. The zero-order chi connectivity index (χ0) is 17.2. The van der Waals surface area contributed by atoms with Gasteiger partial charge in [0.2, 0.25) is 5.91 Å². The molecule has 1 fully saturated rings. The van der Waals surface area contributed by atoms with Crippen LogP contribution in [0.4, 0.5) is 0 Å². The molecule has 3 rings (SSSR count). The van der Waals surface area contributed by atoms with Crippen molar-refractivity contribution in [3.63, 3.8) is 0 Å². The number of aliphatic carboxylic acids is 1. The number of imidazole rings is 1. The zero-order valence-corrected chi connectivity index (χ0v) is 14.5. The lowest BCUT2D eigenvalue weighted by Crippen LogP contribution is -2.52. The fourth-order valence-electron chi connectivity index (χ4n) is 3.36. The number of carboxylic acid groups (broad SMARTS) is 1. The average molecular weight is 347 g/mol. The monoisotopic (exact) mass is 347 g/mol. The van der Waals surface area contributed by atoms with Crippen molar-refractivity contribution in [2.45, 2.75) is 38.1 Å². The molecule has 2 aromatic rings. The third-order valence-corrected chi connectivity index (χ3v) is 5.73. The van der Waals surface area contributed by atoms with Crippen LogP contribution < -0.4 is 0 Å². The molecule has 7 heteroatoms. The first-order valence-corrected chi connectivity index (χ1v) is 8.95. The molecule has 3 heterocycles. The molecule has 0 saturated carbocycles. The van der Waals surface area contributed by atoms with Gasteiger partial charge in [-0.3, -0.25) is 4.79 Å². The van der Waals surface area contributed by atoms with Gasteiger partial charge in [0.05, 0.1) is 0 Å². The van der Waals surface area contributed by atoms with Crippen molar-refractivity contribution < 1.29 is 14.7 Å². The van der Waals surface area contributed by atoms with E-state index < -0.39 is 11.5 Å². The summed E-state index contributed by atoms with van der Waals surface area (Å²) >= 11 is 1.66. The Bertz CT molecular complexity index is 715. The average Bonchev–Trinajstić information content (AvgIpc) is 3.24. The molecule has 1 aliphatic rings. The van der Waals surface area contributed by atoms with Gasteiger partial charge >= 0.3 is 5.97 Å². The molecule has 128 valence electrons. The van der Waals surface area contributed by atoms with E-state index >= 15 is 0 Å². The Balaban J connectivity index is 1.64. The van der Waals surface area contributed by atoms with E-state index in [0.717, 1.165) is 6.42 Å². The minimum absolute atomic E-state index is 0.102. The standard InChI is InChI=1S/C17H21N3O3S/c1-13-18-8-11-20(13)17(16(22)23)6-9-19(10-7-17)15(21)5-4-14-3-2-12-24-14/h2-3,8,11-12H,4-7,9-10H2,1H3,(H,22,23). The van der Waals surface area contributed by atoms with E-state index in [1.54, 1.807) is 33.2 Å². The normalized spacial score (nSPS) is 17.0. The number of amides is 1. The largest absolute Gasteiger partial charge is 0.479 e. The van der Waals surface area contributed by atoms with Crippen LogP contribution in [0.3, 0.4) is 0 Å². The van der Waals surface area contributed by atoms with Gasteiger partial charge in [0.25, 0.3) is 0 Å². The van der Waals surface area contributed by atoms with Crippen molar-refractivity contribution in [2.24, 2.45) is 0 Å². The first-order valence-electron chi connectivity index (χ1n) is 8.07. The highest BCUT2D eigenvalue weighted by Gasteiger charge is 2.44. The van der Waals surface area contributed by atoms with E-state index in [1.165, 1.54) is 4.88 Å². The number of carboxylic acids is 1. The molecule has 6 nitrogen and oxygen atoms in total. The van der Waals surface area contributed by atoms with Gasteiger partial charge in [0, 0.05) is 36.8 Å². The molecule has 0 aromatic carbocycles. The Kier molecular flexibility index (Phi) is 4.71. The van der Waals surface area contributed by atoms with E-state index in [0.29, 0.717) is 38.2 Å². The third kappa shape index (κ3) is 3.08. The molecular formula is C17H21N3O3S. The number of aryl methyl sites for hydroxylation is 2. The van der Waals surface area contributed by atoms with Gasteiger partial charge in [-0.05, 0) is 37.6 Å². The van der Waals surface area contributed by atoms with Crippen molar-refractivity contribution in [2.75, 3.05) is 13.1 Å². The smallest absolute Gasteiger partial charge is 0.330 e. The fraction of sp³-hybridized carbons (Fsp3) is 0.471. The van der Waals surface area contributed by atoms with Crippen molar-refractivity contribution >= 4 is 23.2 Å². The molecule has 0 radical (unpaired) electrons. The zero-order valence-electron chi connectivity index (χ0n) is 13.6. The van der Waals surface area contributed by atoms with Gasteiger partial charge in [-0.2, -0.15) is 0 Å². The van der Waals surface area contributed by atoms with Gasteiger partial charge in [0.15, 0.2) is 0 Å². The van der Waals surface area contributed by atoms with Gasteiger partial charge < -0.3 is 14.6 Å². The third-order valence-electron chi connectivity index (χ3n) is 4.79. The predicted molar refractivity (Wildman–Crippen MR) is 91.0 cm³/mol. The van der Waals surface area contributed by atoms with Crippen LogP contribution in [0.1, 0.15) is 30.0 Å². The Labute approximate surface area is 144 Å². The lowest BCUT2D eigenvalue weighted by atomic mass is 9.86. The second-order valence-electron chi connectivity index (χ2n) is 6.14. The number of nitrogens with zero attached hydrogens (tertiary/aromatic N) is 3. The molecule has 1 aliphatic heterocycles. The maximum absolute atomic E-state index is 12.4. The summed E-state index contributed by atoms with van der Waals surface area (Å²) in [6.45, 7) is 2.74. The summed E-state index contributed by atoms with van der Waals surface area (Å²) in [4.78, 5) is 31.5. The maximum Gasteiger partial charge on any atom is 0.330 e. The van der Waals surface area contributed by atoms with Gasteiger partial charge in [0.1, 0.15) is 11.4 Å². The van der Waals surface area contributed by atoms with Crippen molar-refractivity contribution in [3.05, 3.63) is 40.6 Å². The van der Waals surface area contributed by atoms with Gasteiger partial charge in [-0.15, -0.1) is 11.3 Å². The van der Waals surface area contributed by atoms with Crippen molar-refractivity contribution in [3.8, 4) is 0 Å². The van der Waals surface area contributed by atoms with Crippen LogP contribution in [-0.4, -0.2) is 44.5 Å². The number of rotatable bonds is 5. The van der Waals surface area contributed by atoms with E-state index in [1.807, 2.05) is 24.4 Å². The van der Waals surface area contributed by atoms with Crippen LogP contribution in [-0.2, 0) is 21.5 Å². The number of likely N-dealkylation sites (tertiary alicyclic amines) is 1. The van der Waals surface area contributed by atoms with E-state index in [9.17, 15) is 14.7 Å². The molecular weight excluding hydrogens is 326 g/mol. The molecule has 0 unspecified atom stereocenters. The fourth-order valence-corrected chi connectivity index (χ4v) is 4.07. The summed E-state index contributed by atoms with van der Waals surface area (Å²) in [6, 6.07) is 4.02. The number of hydrogen-bond donors (Lipinski definition) is 1. The highest BCUT2D eigenvalue weighted by atomic mass is 32.1. The van der Waals surface area contributed by atoms with Crippen LogP contribution in [0, 0.1) is 6.92 Å². The summed E-state index contributed by atoms with van der Waals surface area (Å²) in [6.07, 6.45) is 5.38. The molecule has 0 bridgehead atoms. The van der Waals surface area contributed by atoms with Crippen molar-refractivity contribution in [1.82, 2.24) is 14.5 Å². The minimum Gasteiger partial charge on any atom is -0.479 e. The maximum atomic E-state index is 12.4. The predicted octanol–water partition coefficient (Wildman–Crippen LogP) is 2.29. The topological polar surface area (TPSA) is 75.4 Å². The molecule has 0 atom stereocenters. The molecule has 2 aromatic heterocycles. The van der Waals surface area contributed by atoms with E-state index in [2.05, 4.69) is 4.98 Å². The summed E-state index contributed by atoms with van der Waals surface area (Å²) in [5.41, 5.74) is -0.995. The first kappa shape index (κ1) is 16.7. The van der Waals surface area contributed by atoms with Crippen LogP contribution >= 0.6 is 11.3 Å². The molecule has 1 N–H and O–H groups in total. The number of hydrogen-bond acceptors (Lipinski definition) is 4. The lowest BCUT2D eigenvalue weighted by molar-refractivity contribution is -0.152. The van der Waals surface area contributed by atoms with Crippen LogP contribution in [0.5, 0.6) is 0 Å². The number of piperidine rings is 1. The Morgan fingerprint density at radius 2 is 2.12 bits per heavy atom. The molecule has 0 aliphatic carbocycles. The van der Waals surface area contributed by atoms with Crippen LogP contribution in [0.25, 0.3) is 0 Å².